The van der Waals surface area contributed by atoms with Crippen molar-refractivity contribution in [2.24, 2.45) is 5.73 Å². The minimum absolute atomic E-state index is 0.0297. The van der Waals surface area contributed by atoms with Crippen molar-refractivity contribution >= 4 is 16.9 Å². The minimum Gasteiger partial charge on any atom is -0.504 e. The molecule has 2 aromatic heterocycles. The Morgan fingerprint density at radius 1 is 1.20 bits per heavy atom. The van der Waals surface area contributed by atoms with Crippen LogP contribution < -0.4 is 10.5 Å². The van der Waals surface area contributed by atoms with E-state index in [0.29, 0.717) is 34.0 Å². The number of hydrogen-bond acceptors (Lipinski definition) is 4. The van der Waals surface area contributed by atoms with Gasteiger partial charge in [0.2, 0.25) is 5.91 Å². The number of carbonyl (C=O) groups is 1. The van der Waals surface area contributed by atoms with Crippen molar-refractivity contribution in [3.8, 4) is 28.6 Å². The topological polar surface area (TPSA) is 117 Å². The molecule has 0 aliphatic heterocycles. The summed E-state index contributed by atoms with van der Waals surface area (Å²) in [4.78, 5) is 21.7. The van der Waals surface area contributed by atoms with E-state index in [-0.39, 0.29) is 5.75 Å². The van der Waals surface area contributed by atoms with E-state index in [0.717, 1.165) is 5.52 Å². The van der Waals surface area contributed by atoms with Crippen LogP contribution in [0.2, 0.25) is 0 Å². The van der Waals surface area contributed by atoms with Crippen LogP contribution in [-0.4, -0.2) is 26.0 Å². The zero-order valence-electron chi connectivity index (χ0n) is 13.0. The number of benzene rings is 2. The summed E-state index contributed by atoms with van der Waals surface area (Å²) >= 11 is 0. The van der Waals surface area contributed by atoms with Gasteiger partial charge >= 0.3 is 0 Å². The van der Waals surface area contributed by atoms with Crippen LogP contribution >= 0.6 is 0 Å². The van der Waals surface area contributed by atoms with Gasteiger partial charge in [-0.15, -0.1) is 0 Å². The predicted molar refractivity (Wildman–Crippen MR) is 92.6 cm³/mol. The number of fused-ring (bicyclic) bond motifs is 1. The van der Waals surface area contributed by atoms with Gasteiger partial charge < -0.3 is 25.5 Å². The Morgan fingerprint density at radius 2 is 2.08 bits per heavy atom. The van der Waals surface area contributed by atoms with Gasteiger partial charge in [-0.1, -0.05) is 6.07 Å². The first-order chi connectivity index (χ1) is 12.1. The van der Waals surface area contributed by atoms with Crippen molar-refractivity contribution in [2.75, 3.05) is 0 Å². The van der Waals surface area contributed by atoms with E-state index in [4.69, 9.17) is 10.5 Å². The molecule has 124 valence electrons. The van der Waals surface area contributed by atoms with Gasteiger partial charge in [0.05, 0.1) is 16.6 Å². The third-order valence-electron chi connectivity index (χ3n) is 3.82. The van der Waals surface area contributed by atoms with E-state index in [1.54, 1.807) is 54.9 Å². The van der Waals surface area contributed by atoms with Crippen LogP contribution in [0.15, 0.2) is 54.9 Å². The van der Waals surface area contributed by atoms with Crippen LogP contribution in [0.1, 0.15) is 10.4 Å². The molecule has 0 atom stereocenters. The van der Waals surface area contributed by atoms with Crippen LogP contribution in [0.4, 0.5) is 0 Å². The van der Waals surface area contributed by atoms with E-state index in [1.807, 2.05) is 0 Å². The number of ether oxygens (including phenoxy) is 1. The molecule has 0 unspecified atom stereocenters. The van der Waals surface area contributed by atoms with Crippen molar-refractivity contribution in [3.63, 3.8) is 0 Å². The summed E-state index contributed by atoms with van der Waals surface area (Å²) in [5, 5.41) is 10.5. The lowest BCUT2D eigenvalue weighted by Crippen LogP contribution is -2.10. The van der Waals surface area contributed by atoms with Crippen LogP contribution in [-0.2, 0) is 0 Å². The molecule has 5 N–H and O–H groups in total. The number of primary amides is 1. The number of phenols is 1. The number of aromatic nitrogens is 3. The first kappa shape index (κ1) is 14.8. The molecule has 0 spiro atoms. The summed E-state index contributed by atoms with van der Waals surface area (Å²) in [5.41, 5.74) is 7.48. The molecule has 0 aliphatic rings. The average molecular weight is 334 g/mol. The first-order valence-corrected chi connectivity index (χ1v) is 7.54. The second kappa shape index (κ2) is 5.72. The Balaban J connectivity index is 1.76. The van der Waals surface area contributed by atoms with E-state index in [2.05, 4.69) is 15.0 Å². The molecule has 0 aliphatic carbocycles. The molecule has 4 aromatic rings. The number of H-pyrrole nitrogens is 2. The summed E-state index contributed by atoms with van der Waals surface area (Å²) in [6.45, 7) is 0. The Kier molecular flexibility index (Phi) is 3.39. The van der Waals surface area contributed by atoms with Crippen molar-refractivity contribution in [2.45, 2.75) is 0 Å². The lowest BCUT2D eigenvalue weighted by atomic mass is 10.2. The van der Waals surface area contributed by atoms with E-state index in [1.165, 1.54) is 0 Å². The monoisotopic (exact) mass is 334 g/mol. The number of imidazole rings is 1. The quantitative estimate of drug-likeness (QED) is 0.458. The Morgan fingerprint density at radius 3 is 2.84 bits per heavy atom. The van der Waals surface area contributed by atoms with Crippen molar-refractivity contribution in [1.82, 2.24) is 15.0 Å². The number of rotatable bonds is 4. The molecule has 4 rings (SSSR count). The Bertz CT molecular complexity index is 1070. The minimum atomic E-state index is -0.517. The van der Waals surface area contributed by atoms with Gasteiger partial charge in [0.25, 0.3) is 0 Å². The number of nitrogens with two attached hydrogens (primary N) is 1. The molecule has 0 fully saturated rings. The highest BCUT2D eigenvalue weighted by atomic mass is 16.5. The maximum atomic E-state index is 11.3. The second-order valence-corrected chi connectivity index (χ2v) is 5.48. The summed E-state index contributed by atoms with van der Waals surface area (Å²) in [7, 11) is 0. The number of aromatic amines is 2. The van der Waals surface area contributed by atoms with Gasteiger partial charge in [-0.05, 0) is 36.4 Å². The molecule has 2 heterocycles. The molecule has 1 amide bonds. The predicted octanol–water partition coefficient (Wildman–Crippen LogP) is 3.15. The number of amides is 1. The van der Waals surface area contributed by atoms with Gasteiger partial charge in [0, 0.05) is 18.0 Å². The molecule has 0 radical (unpaired) electrons. The van der Waals surface area contributed by atoms with Crippen LogP contribution in [0.3, 0.4) is 0 Å². The molecular weight excluding hydrogens is 320 g/mol. The number of para-hydroxylation sites is 1. The van der Waals surface area contributed by atoms with Gasteiger partial charge in [0.15, 0.2) is 11.5 Å². The SMILES string of the molecule is NC(=O)c1ccc2[nH]c(-c3cccc(Oc4cc[nH]c4)c3O)nc2c1. The maximum Gasteiger partial charge on any atom is 0.248 e. The number of hydrogen-bond donors (Lipinski definition) is 4. The van der Waals surface area contributed by atoms with Gasteiger partial charge in [-0.3, -0.25) is 4.79 Å². The van der Waals surface area contributed by atoms with Crippen molar-refractivity contribution in [3.05, 3.63) is 60.4 Å². The van der Waals surface area contributed by atoms with E-state index in [9.17, 15) is 9.90 Å². The number of nitrogens with zero attached hydrogens (tertiary/aromatic N) is 1. The molecule has 25 heavy (non-hydrogen) atoms. The second-order valence-electron chi connectivity index (χ2n) is 5.48. The molecule has 7 nitrogen and oxygen atoms in total. The average Bonchev–Trinajstić information content (AvgIpc) is 3.25. The highest BCUT2D eigenvalue weighted by molar-refractivity contribution is 5.96. The zero-order chi connectivity index (χ0) is 17.4. The molecule has 0 saturated heterocycles. The fourth-order valence-electron chi connectivity index (χ4n) is 2.58. The largest absolute Gasteiger partial charge is 0.504 e. The summed E-state index contributed by atoms with van der Waals surface area (Å²) in [5.74, 6) is 0.821. The van der Waals surface area contributed by atoms with Gasteiger partial charge in [-0.2, -0.15) is 0 Å². The number of phenolic OH excluding ortho intramolecular Hbond substituents is 1. The van der Waals surface area contributed by atoms with E-state index >= 15 is 0 Å². The fourth-order valence-corrected chi connectivity index (χ4v) is 2.58. The van der Waals surface area contributed by atoms with Gasteiger partial charge in [-0.25, -0.2) is 4.98 Å². The zero-order valence-corrected chi connectivity index (χ0v) is 13.0. The standard InChI is InChI=1S/C18H14N4O3/c19-17(24)10-4-5-13-14(8-10)22-18(21-13)12-2-1-3-15(16(12)23)25-11-6-7-20-9-11/h1-9,20,23H,(H2,19,24)(H,21,22). The molecule has 7 heteroatoms. The summed E-state index contributed by atoms with van der Waals surface area (Å²) in [6.07, 6.45) is 3.41. The molecule has 0 bridgehead atoms. The van der Waals surface area contributed by atoms with Crippen LogP contribution in [0.25, 0.3) is 22.4 Å². The van der Waals surface area contributed by atoms with E-state index < -0.39 is 5.91 Å². The number of nitrogens with one attached hydrogen (secondary N) is 2. The lowest BCUT2D eigenvalue weighted by Gasteiger charge is -2.08. The van der Waals surface area contributed by atoms with Crippen LogP contribution in [0, 0.1) is 0 Å². The van der Waals surface area contributed by atoms with Gasteiger partial charge in [0.1, 0.15) is 11.6 Å². The molecule has 2 aromatic carbocycles. The number of carbonyl (C=O) groups excluding carboxylic acids is 1. The maximum absolute atomic E-state index is 11.3. The third kappa shape index (κ3) is 2.67. The molecule has 0 saturated carbocycles. The first-order valence-electron chi connectivity index (χ1n) is 7.54. The van der Waals surface area contributed by atoms with Crippen LogP contribution in [0.5, 0.6) is 17.2 Å². The number of aromatic hydroxyl groups is 1. The molecular formula is C18H14N4O3. The Labute approximate surface area is 142 Å². The smallest absolute Gasteiger partial charge is 0.248 e. The van der Waals surface area contributed by atoms with Crippen molar-refractivity contribution < 1.29 is 14.6 Å². The highest BCUT2D eigenvalue weighted by Crippen LogP contribution is 2.38. The summed E-state index contributed by atoms with van der Waals surface area (Å²) < 4.78 is 5.65. The highest BCUT2D eigenvalue weighted by Gasteiger charge is 2.15. The Hall–Kier alpha value is -3.74. The normalized spacial score (nSPS) is 10.9. The summed E-state index contributed by atoms with van der Waals surface area (Å²) in [6, 6.07) is 11.9. The fraction of sp³-hybridized carbons (Fsp3) is 0. The third-order valence-corrected chi connectivity index (χ3v) is 3.82. The van der Waals surface area contributed by atoms with Crippen molar-refractivity contribution in [1.29, 1.82) is 0 Å². The lowest BCUT2D eigenvalue weighted by molar-refractivity contribution is 0.100.